The molecule has 1 N–H and O–H groups in total. The van der Waals surface area contributed by atoms with Gasteiger partial charge in [0.1, 0.15) is 11.3 Å². The van der Waals surface area contributed by atoms with E-state index in [9.17, 15) is 13.2 Å². The topological polar surface area (TPSA) is 89.8 Å². The Balaban J connectivity index is 1.60. The molecule has 0 aliphatic heterocycles. The van der Waals surface area contributed by atoms with Crippen molar-refractivity contribution in [3.8, 4) is 5.75 Å². The summed E-state index contributed by atoms with van der Waals surface area (Å²) < 4.78 is 35.5. The molecule has 0 saturated heterocycles. The highest BCUT2D eigenvalue weighted by Crippen LogP contribution is 2.26. The van der Waals surface area contributed by atoms with E-state index in [1.807, 2.05) is 29.8 Å². The first-order valence-corrected chi connectivity index (χ1v) is 11.6. The largest absolute Gasteiger partial charge is 0.495 e. The summed E-state index contributed by atoms with van der Waals surface area (Å²) in [5.74, 6) is 0.291. The number of aryl methyl sites for hydroxylation is 1. The minimum absolute atomic E-state index is 0.165. The van der Waals surface area contributed by atoms with Crippen LogP contribution in [0.15, 0.2) is 82.7 Å². The molecular formula is C22H19N3O4S2. The zero-order chi connectivity index (χ0) is 22.0. The van der Waals surface area contributed by atoms with Crippen molar-refractivity contribution in [2.45, 2.75) is 4.90 Å². The van der Waals surface area contributed by atoms with Gasteiger partial charge in [0.15, 0.2) is 4.80 Å². The van der Waals surface area contributed by atoms with Crippen LogP contribution in [0.1, 0.15) is 10.4 Å². The Kier molecular flexibility index (Phi) is 5.62. The van der Waals surface area contributed by atoms with Gasteiger partial charge >= 0.3 is 0 Å². The van der Waals surface area contributed by atoms with Crippen LogP contribution in [0.3, 0.4) is 0 Å². The highest BCUT2D eigenvalue weighted by atomic mass is 32.2. The monoisotopic (exact) mass is 453 g/mol. The van der Waals surface area contributed by atoms with E-state index in [1.165, 1.54) is 35.6 Å². The van der Waals surface area contributed by atoms with E-state index in [2.05, 4.69) is 9.71 Å². The molecule has 0 spiro atoms. The van der Waals surface area contributed by atoms with Crippen LogP contribution in [0.4, 0.5) is 5.69 Å². The lowest BCUT2D eigenvalue weighted by Crippen LogP contribution is -2.14. The normalized spacial score (nSPS) is 12.1. The minimum Gasteiger partial charge on any atom is -0.495 e. The zero-order valence-corrected chi connectivity index (χ0v) is 18.4. The molecule has 31 heavy (non-hydrogen) atoms. The number of sulfonamides is 1. The number of ether oxygens (including phenoxy) is 1. The molecule has 0 radical (unpaired) electrons. The summed E-state index contributed by atoms with van der Waals surface area (Å²) in [6.07, 6.45) is 0. The summed E-state index contributed by atoms with van der Waals surface area (Å²) in [4.78, 5) is 17.6. The Hall–Kier alpha value is -3.43. The van der Waals surface area contributed by atoms with Crippen LogP contribution < -0.4 is 14.3 Å². The Morgan fingerprint density at radius 2 is 1.71 bits per heavy atom. The summed E-state index contributed by atoms with van der Waals surface area (Å²) in [6, 6.07) is 19.9. The van der Waals surface area contributed by atoms with E-state index in [0.29, 0.717) is 21.8 Å². The molecule has 1 heterocycles. The zero-order valence-electron chi connectivity index (χ0n) is 16.8. The summed E-state index contributed by atoms with van der Waals surface area (Å²) in [7, 11) is -0.266. The van der Waals surface area contributed by atoms with Crippen LogP contribution in [0.2, 0.25) is 0 Å². The molecule has 0 unspecified atom stereocenters. The number of hydrogen-bond acceptors (Lipinski definition) is 5. The Morgan fingerprint density at radius 3 is 2.39 bits per heavy atom. The molecule has 0 aliphatic rings. The second-order valence-corrected chi connectivity index (χ2v) is 9.36. The number of nitrogens with one attached hydrogen (secondary N) is 1. The molecular weight excluding hydrogens is 434 g/mol. The number of benzene rings is 3. The molecule has 9 heteroatoms. The molecule has 158 valence electrons. The van der Waals surface area contributed by atoms with Gasteiger partial charge in [-0.25, -0.2) is 8.42 Å². The average Bonchev–Trinajstić information content (AvgIpc) is 3.10. The predicted molar refractivity (Wildman–Crippen MR) is 121 cm³/mol. The van der Waals surface area contributed by atoms with E-state index in [-0.39, 0.29) is 4.90 Å². The molecule has 0 aliphatic carbocycles. The van der Waals surface area contributed by atoms with Crippen molar-refractivity contribution in [1.82, 2.24) is 4.57 Å². The van der Waals surface area contributed by atoms with Crippen molar-refractivity contribution in [1.29, 1.82) is 0 Å². The van der Waals surface area contributed by atoms with Crippen LogP contribution in [-0.4, -0.2) is 26.0 Å². The number of thiazole rings is 1. The Labute approximate surface area is 183 Å². The third kappa shape index (κ3) is 4.23. The number of para-hydroxylation sites is 1. The maximum atomic E-state index is 12.7. The van der Waals surface area contributed by atoms with E-state index in [0.717, 1.165) is 10.2 Å². The van der Waals surface area contributed by atoms with Crippen LogP contribution >= 0.6 is 11.3 Å². The van der Waals surface area contributed by atoms with Crippen LogP contribution in [0.25, 0.3) is 10.2 Å². The van der Waals surface area contributed by atoms with Gasteiger partial charge < -0.3 is 9.30 Å². The van der Waals surface area contributed by atoms with Gasteiger partial charge in [-0.1, -0.05) is 35.6 Å². The average molecular weight is 454 g/mol. The van der Waals surface area contributed by atoms with Crippen molar-refractivity contribution in [3.63, 3.8) is 0 Å². The van der Waals surface area contributed by atoms with Crippen LogP contribution in [-0.2, 0) is 17.1 Å². The minimum atomic E-state index is -3.69. The number of nitrogens with zero attached hydrogens (tertiary/aromatic N) is 2. The Bertz CT molecular complexity index is 1420. The third-order valence-electron chi connectivity index (χ3n) is 4.64. The molecule has 3 aromatic carbocycles. The van der Waals surface area contributed by atoms with Crippen LogP contribution in [0.5, 0.6) is 5.75 Å². The Morgan fingerprint density at radius 1 is 1.00 bits per heavy atom. The van der Waals surface area contributed by atoms with E-state index in [4.69, 9.17) is 4.74 Å². The second kappa shape index (κ2) is 8.37. The number of carbonyl (C=O) groups excluding carboxylic acids is 1. The first-order chi connectivity index (χ1) is 14.9. The molecule has 1 amide bonds. The molecule has 4 rings (SSSR count). The van der Waals surface area contributed by atoms with Gasteiger partial charge in [-0.2, -0.15) is 4.99 Å². The summed E-state index contributed by atoms with van der Waals surface area (Å²) in [5.41, 5.74) is 1.58. The lowest BCUT2D eigenvalue weighted by atomic mass is 10.2. The molecule has 7 nitrogen and oxygen atoms in total. The smallest absolute Gasteiger partial charge is 0.279 e. The number of aromatic nitrogens is 1. The van der Waals surface area contributed by atoms with Gasteiger partial charge in [0.25, 0.3) is 15.9 Å². The highest BCUT2D eigenvalue weighted by molar-refractivity contribution is 7.92. The van der Waals surface area contributed by atoms with Crippen molar-refractivity contribution >= 4 is 43.2 Å². The van der Waals surface area contributed by atoms with Gasteiger partial charge in [0.2, 0.25) is 0 Å². The number of methoxy groups -OCH3 is 1. The maximum Gasteiger partial charge on any atom is 0.279 e. The fourth-order valence-corrected chi connectivity index (χ4v) is 5.20. The fourth-order valence-electron chi connectivity index (χ4n) is 3.09. The lowest BCUT2D eigenvalue weighted by molar-refractivity contribution is 0.0998. The predicted octanol–water partition coefficient (Wildman–Crippen LogP) is 3.79. The summed E-state index contributed by atoms with van der Waals surface area (Å²) >= 11 is 1.39. The van der Waals surface area contributed by atoms with Crippen molar-refractivity contribution < 1.29 is 17.9 Å². The van der Waals surface area contributed by atoms with Gasteiger partial charge in [0, 0.05) is 18.3 Å². The maximum absolute atomic E-state index is 12.7. The second-order valence-electron chi connectivity index (χ2n) is 6.66. The van der Waals surface area contributed by atoms with Crippen LogP contribution in [0, 0.1) is 0 Å². The van der Waals surface area contributed by atoms with Gasteiger partial charge in [-0.05, 0) is 48.5 Å². The van der Waals surface area contributed by atoms with E-state index < -0.39 is 15.9 Å². The SMILES string of the molecule is COc1cccc2sc(=NC(=O)c3ccc(NS(=O)(=O)c4ccccc4)cc3)n(C)c12. The number of fused-ring (bicyclic) bond motifs is 1. The van der Waals surface area contributed by atoms with Crippen molar-refractivity contribution in [3.05, 3.63) is 83.2 Å². The summed E-state index contributed by atoms with van der Waals surface area (Å²) in [6.45, 7) is 0. The van der Waals surface area contributed by atoms with Gasteiger partial charge in [-0.15, -0.1) is 0 Å². The molecule has 0 atom stereocenters. The van der Waals surface area contributed by atoms with E-state index >= 15 is 0 Å². The number of hydrogen-bond donors (Lipinski definition) is 1. The molecule has 0 bridgehead atoms. The quantitative estimate of drug-likeness (QED) is 0.498. The molecule has 0 fully saturated rings. The summed E-state index contributed by atoms with van der Waals surface area (Å²) in [5, 5.41) is 0. The first kappa shape index (κ1) is 20.8. The lowest BCUT2D eigenvalue weighted by Gasteiger charge is -2.08. The number of rotatable bonds is 5. The molecule has 1 aromatic heterocycles. The van der Waals surface area contributed by atoms with Gasteiger partial charge in [0.05, 0.1) is 16.7 Å². The number of anilines is 1. The molecule has 4 aromatic rings. The third-order valence-corrected chi connectivity index (χ3v) is 7.13. The number of carbonyl (C=O) groups is 1. The van der Waals surface area contributed by atoms with Gasteiger partial charge in [-0.3, -0.25) is 9.52 Å². The fraction of sp³-hybridized carbons (Fsp3) is 0.0909. The standard InChI is InChI=1S/C22H19N3O4S2/c1-25-20-18(29-2)9-6-10-19(20)30-22(25)23-21(26)15-11-13-16(14-12-15)24-31(27,28)17-7-4-3-5-8-17/h3-14,24H,1-2H3. The van der Waals surface area contributed by atoms with Crippen molar-refractivity contribution in [2.24, 2.45) is 12.0 Å². The molecule has 0 saturated carbocycles. The first-order valence-electron chi connectivity index (χ1n) is 9.28. The van der Waals surface area contributed by atoms with E-state index in [1.54, 1.807) is 37.4 Å². The number of amides is 1. The highest BCUT2D eigenvalue weighted by Gasteiger charge is 2.14. The van der Waals surface area contributed by atoms with Crippen molar-refractivity contribution in [2.75, 3.05) is 11.8 Å².